The first-order chi connectivity index (χ1) is 21.9. The number of rotatable bonds is 9. The minimum Gasteiger partial charge on any atom is -0.460 e. The van der Waals surface area contributed by atoms with Crippen LogP contribution >= 0.6 is 0 Å². The van der Waals surface area contributed by atoms with Gasteiger partial charge in [-0.25, -0.2) is 23.5 Å². The Labute approximate surface area is 269 Å². The third-order valence-corrected chi connectivity index (χ3v) is 5.88. The lowest BCUT2D eigenvalue weighted by Gasteiger charge is -2.30. The van der Waals surface area contributed by atoms with E-state index in [0.717, 1.165) is 30.5 Å². The van der Waals surface area contributed by atoms with Crippen LogP contribution in [0.2, 0.25) is 0 Å². The molecule has 0 spiro atoms. The third-order valence-electron chi connectivity index (χ3n) is 5.88. The summed E-state index contributed by atoms with van der Waals surface area (Å²) < 4.78 is 81.3. The van der Waals surface area contributed by atoms with E-state index in [9.17, 15) is 37.1 Å². The number of anilines is 2. The van der Waals surface area contributed by atoms with Crippen LogP contribution < -0.4 is 21.5 Å². The zero-order valence-electron chi connectivity index (χ0n) is 26.5. The van der Waals surface area contributed by atoms with Gasteiger partial charge in [0.25, 0.3) is 17.4 Å². The van der Waals surface area contributed by atoms with E-state index in [1.807, 2.05) is 5.32 Å². The predicted molar refractivity (Wildman–Crippen MR) is 159 cm³/mol. The number of hydrogen-bond donors (Lipinski definition) is 3. The van der Waals surface area contributed by atoms with Crippen molar-refractivity contribution in [3.8, 4) is 0 Å². The molecule has 3 aromatic rings. The van der Waals surface area contributed by atoms with Crippen LogP contribution in [0.4, 0.5) is 33.6 Å². The summed E-state index contributed by atoms with van der Waals surface area (Å²) in [6.45, 7) is 7.62. The second-order valence-corrected chi connectivity index (χ2v) is 12.4. The molecule has 0 aliphatic carbocycles. The molecule has 2 aromatic heterocycles. The second kappa shape index (κ2) is 13.5. The van der Waals surface area contributed by atoms with Crippen molar-refractivity contribution in [2.75, 3.05) is 10.6 Å². The van der Waals surface area contributed by atoms with Crippen LogP contribution in [0.5, 0.6) is 0 Å². The van der Waals surface area contributed by atoms with E-state index in [4.69, 9.17) is 15.2 Å². The van der Waals surface area contributed by atoms with Crippen molar-refractivity contribution < 1.29 is 50.6 Å². The first kappa shape index (κ1) is 37.2. The summed E-state index contributed by atoms with van der Waals surface area (Å²) in [4.78, 5) is 76.5. The van der Waals surface area contributed by atoms with E-state index >= 15 is 8.78 Å². The Morgan fingerprint density at radius 2 is 1.52 bits per heavy atom. The number of nitrogen functional groups attached to an aromatic ring is 1. The van der Waals surface area contributed by atoms with Crippen LogP contribution in [0.3, 0.4) is 0 Å². The topological polar surface area (TPSA) is 200 Å². The van der Waals surface area contributed by atoms with Gasteiger partial charge in [0, 0.05) is 11.3 Å². The maximum atomic E-state index is 15.3. The first-order valence-corrected chi connectivity index (χ1v) is 14.0. The molecule has 4 N–H and O–H groups in total. The smallest absolute Gasteiger partial charge is 0.460 e. The maximum Gasteiger partial charge on any atom is 0.471 e. The Morgan fingerprint density at radius 1 is 0.938 bits per heavy atom. The van der Waals surface area contributed by atoms with E-state index in [0.29, 0.717) is 0 Å². The summed E-state index contributed by atoms with van der Waals surface area (Å²) in [5, 5.41) is 1.83. The van der Waals surface area contributed by atoms with Crippen molar-refractivity contribution in [1.29, 1.82) is 0 Å². The SMILES string of the molecule is CC(C)(C)OC(=O)CC(F)(F)C(NC(=O)c1ccc(N(Cc2cnc3nc(N)[nH]c(=O)c3n2)C(=O)C(F)(F)F)cc1)C(=O)OC(C)(C)C. The summed E-state index contributed by atoms with van der Waals surface area (Å²) in [7, 11) is 0. The molecule has 0 aliphatic rings. The van der Waals surface area contributed by atoms with Crippen molar-refractivity contribution in [2.24, 2.45) is 0 Å². The fraction of sp³-hybridized carbons (Fsp3) is 0.448. The lowest BCUT2D eigenvalue weighted by molar-refractivity contribution is -0.175. The lowest BCUT2D eigenvalue weighted by atomic mass is 10.0. The maximum absolute atomic E-state index is 15.3. The molecular formula is C29H32F5N7O7. The monoisotopic (exact) mass is 685 g/mol. The van der Waals surface area contributed by atoms with Crippen molar-refractivity contribution in [3.63, 3.8) is 0 Å². The van der Waals surface area contributed by atoms with Crippen molar-refractivity contribution in [1.82, 2.24) is 25.3 Å². The number of esters is 2. The molecular weight excluding hydrogens is 653 g/mol. The van der Waals surface area contributed by atoms with Gasteiger partial charge < -0.3 is 20.5 Å². The number of halogens is 5. The van der Waals surface area contributed by atoms with Gasteiger partial charge in [-0.15, -0.1) is 0 Å². The number of hydrogen-bond acceptors (Lipinski definition) is 11. The van der Waals surface area contributed by atoms with Crippen molar-refractivity contribution in [2.45, 2.75) is 83.9 Å². The second-order valence-electron chi connectivity index (χ2n) is 12.4. The third kappa shape index (κ3) is 9.88. The van der Waals surface area contributed by atoms with Gasteiger partial charge in [-0.05, 0) is 65.8 Å². The molecule has 2 amide bonds. The molecule has 48 heavy (non-hydrogen) atoms. The number of aromatic nitrogens is 4. The van der Waals surface area contributed by atoms with Crippen LogP contribution in [0.1, 0.15) is 64.0 Å². The molecule has 0 saturated heterocycles. The van der Waals surface area contributed by atoms with E-state index < -0.39 is 82.9 Å². The molecule has 260 valence electrons. The fourth-order valence-electron chi connectivity index (χ4n) is 4.02. The van der Waals surface area contributed by atoms with Gasteiger partial charge in [-0.3, -0.25) is 29.1 Å². The Kier molecular flexibility index (Phi) is 10.5. The molecule has 3 rings (SSSR count). The average Bonchev–Trinajstić information content (AvgIpc) is 2.91. The highest BCUT2D eigenvalue weighted by atomic mass is 19.4. The van der Waals surface area contributed by atoms with Gasteiger partial charge in [0.15, 0.2) is 17.2 Å². The molecule has 0 aliphatic heterocycles. The molecule has 0 bridgehead atoms. The fourth-order valence-corrected chi connectivity index (χ4v) is 4.02. The minimum atomic E-state index is -5.38. The summed E-state index contributed by atoms with van der Waals surface area (Å²) in [5.41, 5.74) is 0.545. The summed E-state index contributed by atoms with van der Waals surface area (Å²) in [6.07, 6.45) is -6.01. The number of H-pyrrole nitrogens is 1. The van der Waals surface area contributed by atoms with E-state index in [1.165, 1.54) is 41.5 Å². The van der Waals surface area contributed by atoms with Crippen molar-refractivity contribution >= 4 is 46.6 Å². The number of nitrogens with two attached hydrogens (primary N) is 1. The normalized spacial score (nSPS) is 13.1. The standard InChI is InChI=1S/C29H32F5N7O7/c1-26(2,3)47-17(42)11-28(30,31)19(23(45)48-27(4,5)6)38-21(43)14-7-9-16(10-8-14)41(24(46)29(32,33)34)13-15-12-36-20-18(37-15)22(44)40-25(35)39-20/h7-10,12,19H,11,13H2,1-6H3,(H,38,43)(H3,35,36,39,40,44). The molecule has 2 heterocycles. The van der Waals surface area contributed by atoms with Gasteiger partial charge in [0.1, 0.15) is 17.6 Å². The van der Waals surface area contributed by atoms with Crippen LogP contribution in [-0.4, -0.2) is 73.0 Å². The number of carbonyl (C=O) groups is 4. The molecule has 1 unspecified atom stereocenters. The lowest BCUT2D eigenvalue weighted by Crippen LogP contribution is -2.55. The largest absolute Gasteiger partial charge is 0.471 e. The molecule has 0 radical (unpaired) electrons. The average molecular weight is 686 g/mol. The number of alkyl halides is 5. The zero-order valence-corrected chi connectivity index (χ0v) is 26.5. The number of carbonyl (C=O) groups excluding carboxylic acids is 4. The predicted octanol–water partition coefficient (Wildman–Crippen LogP) is 3.20. The Balaban J connectivity index is 1.92. The molecule has 0 fully saturated rings. The zero-order chi connectivity index (χ0) is 36.4. The van der Waals surface area contributed by atoms with Crippen LogP contribution in [0, 0.1) is 0 Å². The van der Waals surface area contributed by atoms with Gasteiger partial charge in [-0.2, -0.15) is 18.2 Å². The highest BCUT2D eigenvalue weighted by Gasteiger charge is 2.50. The Morgan fingerprint density at radius 3 is 2.06 bits per heavy atom. The highest BCUT2D eigenvalue weighted by molar-refractivity contribution is 6.00. The van der Waals surface area contributed by atoms with Gasteiger partial charge in [0.2, 0.25) is 5.95 Å². The number of benzene rings is 1. The number of amides is 2. The highest BCUT2D eigenvalue weighted by Crippen LogP contribution is 2.29. The number of nitrogens with one attached hydrogen (secondary N) is 2. The summed E-state index contributed by atoms with van der Waals surface area (Å²) in [6, 6.07) is 0.942. The van der Waals surface area contributed by atoms with E-state index in [2.05, 4.69) is 19.9 Å². The first-order valence-electron chi connectivity index (χ1n) is 14.0. The van der Waals surface area contributed by atoms with Gasteiger partial charge >= 0.3 is 24.0 Å². The molecule has 0 saturated carbocycles. The van der Waals surface area contributed by atoms with Crippen molar-refractivity contribution in [3.05, 3.63) is 52.1 Å². The van der Waals surface area contributed by atoms with Crippen LogP contribution in [0.15, 0.2) is 35.3 Å². The minimum absolute atomic E-state index is 0.203. The van der Waals surface area contributed by atoms with E-state index in [1.54, 1.807) is 0 Å². The van der Waals surface area contributed by atoms with Gasteiger partial charge in [0.05, 0.1) is 18.4 Å². The molecule has 14 nitrogen and oxygen atoms in total. The van der Waals surface area contributed by atoms with Crippen LogP contribution in [0.25, 0.3) is 11.2 Å². The van der Waals surface area contributed by atoms with Crippen LogP contribution in [-0.2, 0) is 30.4 Å². The molecule has 1 aromatic carbocycles. The summed E-state index contributed by atoms with van der Waals surface area (Å²) in [5.74, 6) is -11.1. The molecule has 19 heteroatoms. The summed E-state index contributed by atoms with van der Waals surface area (Å²) >= 11 is 0. The van der Waals surface area contributed by atoms with E-state index in [-0.39, 0.29) is 27.7 Å². The Hall–Kier alpha value is -5.23. The number of fused-ring (bicyclic) bond motifs is 1. The number of ether oxygens (including phenoxy) is 2. The number of aromatic amines is 1. The Bertz CT molecular complexity index is 1770. The van der Waals surface area contributed by atoms with Gasteiger partial charge in [-0.1, -0.05) is 0 Å². The molecule has 1 atom stereocenters. The quantitative estimate of drug-likeness (QED) is 0.221. The number of nitrogens with zero attached hydrogens (tertiary/aromatic N) is 4.